The quantitative estimate of drug-likeness (QED) is 0.847. The number of benzene rings is 2. The Balaban J connectivity index is 1.86. The van der Waals surface area contributed by atoms with Crippen LogP contribution < -0.4 is 5.32 Å². The van der Waals surface area contributed by atoms with Crippen molar-refractivity contribution in [3.63, 3.8) is 0 Å². The summed E-state index contributed by atoms with van der Waals surface area (Å²) in [5, 5.41) is 3.27. The summed E-state index contributed by atoms with van der Waals surface area (Å²) >= 11 is 0. The maximum absolute atomic E-state index is 12.8. The van der Waals surface area contributed by atoms with Crippen LogP contribution in [0.4, 0.5) is 13.2 Å². The van der Waals surface area contributed by atoms with Gasteiger partial charge in [-0.25, -0.2) is 0 Å². The molecule has 0 bridgehead atoms. The van der Waals surface area contributed by atoms with E-state index in [-0.39, 0.29) is 12.5 Å². The molecule has 0 spiro atoms. The highest BCUT2D eigenvalue weighted by Crippen LogP contribution is 2.33. The molecule has 1 aliphatic heterocycles. The second kappa shape index (κ2) is 8.02. The first-order valence-corrected chi connectivity index (χ1v) is 8.70. The Hall–Kier alpha value is -1.85. The van der Waals surface area contributed by atoms with Crippen molar-refractivity contribution in [1.82, 2.24) is 10.2 Å². The van der Waals surface area contributed by atoms with Gasteiger partial charge < -0.3 is 5.32 Å². The van der Waals surface area contributed by atoms with E-state index in [1.807, 2.05) is 54.6 Å². The summed E-state index contributed by atoms with van der Waals surface area (Å²) in [5.41, 5.74) is 3.09. The second-order valence-electron chi connectivity index (χ2n) is 6.45. The number of alkyl halides is 3. The largest absolute Gasteiger partial charge is 0.389 e. The lowest BCUT2D eigenvalue weighted by Gasteiger charge is -2.35. The van der Waals surface area contributed by atoms with E-state index in [1.54, 1.807) is 0 Å². The SMILES string of the molecule is FC(F)(F)CC[C@H](c1cccc(-c2ccccc2)c1)N1CCNCC1. The third kappa shape index (κ3) is 5.06. The molecule has 2 nitrogen and oxygen atoms in total. The Morgan fingerprint density at radius 3 is 2.28 bits per heavy atom. The number of hydrogen-bond donors (Lipinski definition) is 1. The third-order valence-corrected chi connectivity index (χ3v) is 4.67. The molecular weight excluding hydrogens is 325 g/mol. The number of hydrogen-bond acceptors (Lipinski definition) is 2. The molecular formula is C20H23F3N2. The Morgan fingerprint density at radius 1 is 0.920 bits per heavy atom. The van der Waals surface area contributed by atoms with E-state index in [1.165, 1.54) is 0 Å². The van der Waals surface area contributed by atoms with Crippen molar-refractivity contribution < 1.29 is 13.2 Å². The van der Waals surface area contributed by atoms with Gasteiger partial charge in [0.25, 0.3) is 0 Å². The van der Waals surface area contributed by atoms with Gasteiger partial charge in [-0.3, -0.25) is 4.90 Å². The number of nitrogens with one attached hydrogen (secondary N) is 1. The lowest BCUT2D eigenvalue weighted by molar-refractivity contribution is -0.138. The number of rotatable bonds is 5. The molecule has 0 amide bonds. The Kier molecular flexibility index (Phi) is 5.76. The van der Waals surface area contributed by atoms with Crippen molar-refractivity contribution in [2.45, 2.75) is 25.1 Å². The molecule has 0 aliphatic carbocycles. The number of piperazine rings is 1. The van der Waals surface area contributed by atoms with Gasteiger partial charge in [0.1, 0.15) is 0 Å². The van der Waals surface area contributed by atoms with Crippen molar-refractivity contribution in [2.24, 2.45) is 0 Å². The molecule has 1 aliphatic rings. The summed E-state index contributed by atoms with van der Waals surface area (Å²) in [4.78, 5) is 2.17. The molecule has 1 fully saturated rings. The highest BCUT2D eigenvalue weighted by molar-refractivity contribution is 5.64. The number of nitrogens with zero attached hydrogens (tertiary/aromatic N) is 1. The van der Waals surface area contributed by atoms with Gasteiger partial charge in [-0.15, -0.1) is 0 Å². The van der Waals surface area contributed by atoms with E-state index >= 15 is 0 Å². The molecule has 134 valence electrons. The van der Waals surface area contributed by atoms with E-state index in [0.29, 0.717) is 0 Å². The minimum Gasteiger partial charge on any atom is -0.314 e. The lowest BCUT2D eigenvalue weighted by Crippen LogP contribution is -2.45. The van der Waals surface area contributed by atoms with Crippen LogP contribution in [0.15, 0.2) is 54.6 Å². The van der Waals surface area contributed by atoms with Gasteiger partial charge in [-0.2, -0.15) is 13.2 Å². The molecule has 2 aromatic rings. The summed E-state index contributed by atoms with van der Waals surface area (Å²) in [7, 11) is 0. The molecule has 1 N–H and O–H groups in total. The Labute approximate surface area is 146 Å². The average molecular weight is 348 g/mol. The fourth-order valence-corrected chi connectivity index (χ4v) is 3.41. The van der Waals surface area contributed by atoms with Crippen molar-refractivity contribution in [3.05, 3.63) is 60.2 Å². The first-order chi connectivity index (χ1) is 12.0. The van der Waals surface area contributed by atoms with Crippen LogP contribution in [-0.4, -0.2) is 37.3 Å². The van der Waals surface area contributed by atoms with Gasteiger partial charge in [-0.05, 0) is 29.2 Å². The molecule has 1 saturated heterocycles. The van der Waals surface area contributed by atoms with Crippen LogP contribution in [0.1, 0.15) is 24.4 Å². The van der Waals surface area contributed by atoms with Crippen LogP contribution in [0, 0.1) is 0 Å². The fraction of sp³-hybridized carbons (Fsp3) is 0.400. The minimum atomic E-state index is -4.12. The van der Waals surface area contributed by atoms with Gasteiger partial charge in [-0.1, -0.05) is 48.5 Å². The van der Waals surface area contributed by atoms with Gasteiger partial charge in [0.05, 0.1) is 0 Å². The summed E-state index contributed by atoms with van der Waals surface area (Å²) in [6, 6.07) is 17.7. The van der Waals surface area contributed by atoms with Crippen LogP contribution >= 0.6 is 0 Å². The van der Waals surface area contributed by atoms with Gasteiger partial charge in [0.2, 0.25) is 0 Å². The van der Waals surface area contributed by atoms with Gasteiger partial charge >= 0.3 is 6.18 Å². The van der Waals surface area contributed by atoms with Gasteiger partial charge in [0.15, 0.2) is 0 Å². The van der Waals surface area contributed by atoms with E-state index in [0.717, 1.165) is 42.9 Å². The van der Waals surface area contributed by atoms with E-state index in [2.05, 4.69) is 10.2 Å². The zero-order valence-corrected chi connectivity index (χ0v) is 14.1. The van der Waals surface area contributed by atoms with Crippen molar-refractivity contribution in [2.75, 3.05) is 26.2 Å². The summed E-state index contributed by atoms with van der Waals surface area (Å²) < 4.78 is 38.4. The molecule has 5 heteroatoms. The third-order valence-electron chi connectivity index (χ3n) is 4.67. The van der Waals surface area contributed by atoms with Crippen LogP contribution in [-0.2, 0) is 0 Å². The Morgan fingerprint density at radius 2 is 1.60 bits per heavy atom. The minimum absolute atomic E-state index is 0.0990. The molecule has 1 heterocycles. The number of halogens is 3. The van der Waals surface area contributed by atoms with Gasteiger partial charge in [0, 0.05) is 38.6 Å². The summed E-state index contributed by atoms with van der Waals surface area (Å²) in [6.45, 7) is 3.19. The molecule has 2 aromatic carbocycles. The molecule has 3 rings (SSSR count). The maximum Gasteiger partial charge on any atom is 0.389 e. The molecule has 0 radical (unpaired) electrons. The van der Waals surface area contributed by atoms with Crippen molar-refractivity contribution in [3.8, 4) is 11.1 Å². The highest BCUT2D eigenvalue weighted by atomic mass is 19.4. The van der Waals surface area contributed by atoms with Crippen LogP contribution in [0.3, 0.4) is 0 Å². The van der Waals surface area contributed by atoms with E-state index in [9.17, 15) is 13.2 Å². The van der Waals surface area contributed by atoms with E-state index < -0.39 is 12.6 Å². The summed E-state index contributed by atoms with van der Waals surface area (Å²) in [5.74, 6) is 0. The first-order valence-electron chi connectivity index (χ1n) is 8.70. The topological polar surface area (TPSA) is 15.3 Å². The van der Waals surface area contributed by atoms with Crippen LogP contribution in [0.2, 0.25) is 0 Å². The average Bonchev–Trinajstić information content (AvgIpc) is 2.63. The maximum atomic E-state index is 12.8. The molecule has 0 unspecified atom stereocenters. The Bertz CT molecular complexity index is 664. The lowest BCUT2D eigenvalue weighted by atomic mass is 9.95. The second-order valence-corrected chi connectivity index (χ2v) is 6.45. The standard InChI is InChI=1S/C20H23F3N2/c21-20(22,23)10-9-19(25-13-11-24-12-14-25)18-8-4-7-17(15-18)16-5-2-1-3-6-16/h1-8,15,19,24H,9-14H2/t19-/m1/s1. The highest BCUT2D eigenvalue weighted by Gasteiger charge is 2.31. The smallest absolute Gasteiger partial charge is 0.314 e. The molecule has 1 atom stereocenters. The zero-order chi connectivity index (χ0) is 17.7. The first kappa shape index (κ1) is 18.0. The zero-order valence-electron chi connectivity index (χ0n) is 14.1. The van der Waals surface area contributed by atoms with Crippen LogP contribution in [0.25, 0.3) is 11.1 Å². The predicted molar refractivity (Wildman–Crippen MR) is 94.4 cm³/mol. The van der Waals surface area contributed by atoms with Crippen LogP contribution in [0.5, 0.6) is 0 Å². The van der Waals surface area contributed by atoms with Crippen molar-refractivity contribution >= 4 is 0 Å². The fourth-order valence-electron chi connectivity index (χ4n) is 3.41. The normalized spacial score (nSPS) is 17.4. The van der Waals surface area contributed by atoms with E-state index in [4.69, 9.17) is 0 Å². The molecule has 25 heavy (non-hydrogen) atoms. The van der Waals surface area contributed by atoms with Crippen molar-refractivity contribution in [1.29, 1.82) is 0 Å². The monoisotopic (exact) mass is 348 g/mol. The summed E-state index contributed by atoms with van der Waals surface area (Å²) in [6.07, 6.45) is -4.78. The predicted octanol–water partition coefficient (Wildman–Crippen LogP) is 4.64. The molecule has 0 aromatic heterocycles. The molecule has 0 saturated carbocycles.